The average molecular weight is 299 g/mol. The van der Waals surface area contributed by atoms with Crippen LogP contribution in [0.15, 0.2) is 34.9 Å². The number of thioether (sulfide) groups is 1. The zero-order valence-electron chi connectivity index (χ0n) is 10.6. The standard InChI is InChI=1S/C13H9N5O2S/c14-5-8-11(9(6-15)13(17)21-12(8)16)7-3-1-2-4-10(7)18(19)20/h1-4,8,11,16H,17H2/t8-,11+/m1/s1. The number of para-hydroxylation sites is 1. The van der Waals surface area contributed by atoms with Gasteiger partial charge in [-0.1, -0.05) is 30.0 Å². The Hall–Kier alpha value is -2.84. The Morgan fingerprint density at radius 2 is 2.05 bits per heavy atom. The maximum Gasteiger partial charge on any atom is 0.273 e. The fraction of sp³-hybridized carbons (Fsp3) is 0.154. The average Bonchev–Trinajstić information content (AvgIpc) is 2.46. The number of allylic oxidation sites excluding steroid dienone is 1. The van der Waals surface area contributed by atoms with Crippen LogP contribution in [-0.2, 0) is 0 Å². The zero-order valence-corrected chi connectivity index (χ0v) is 11.4. The summed E-state index contributed by atoms with van der Waals surface area (Å²) in [6, 6.07) is 9.75. The molecule has 0 amide bonds. The summed E-state index contributed by atoms with van der Waals surface area (Å²) in [7, 11) is 0. The van der Waals surface area contributed by atoms with Crippen LogP contribution in [0.3, 0.4) is 0 Å². The lowest BCUT2D eigenvalue weighted by molar-refractivity contribution is -0.385. The lowest BCUT2D eigenvalue weighted by Gasteiger charge is -2.27. The summed E-state index contributed by atoms with van der Waals surface area (Å²) in [5.41, 5.74) is 5.87. The number of nitrogens with zero attached hydrogens (tertiary/aromatic N) is 3. The summed E-state index contributed by atoms with van der Waals surface area (Å²) in [4.78, 5) is 10.6. The van der Waals surface area contributed by atoms with Gasteiger partial charge in [0.2, 0.25) is 0 Å². The molecule has 2 atom stereocenters. The predicted molar refractivity (Wildman–Crippen MR) is 77.1 cm³/mol. The summed E-state index contributed by atoms with van der Waals surface area (Å²) in [5, 5.41) is 37.6. The minimum atomic E-state index is -0.960. The summed E-state index contributed by atoms with van der Waals surface area (Å²) < 4.78 is 0. The number of nitriles is 2. The van der Waals surface area contributed by atoms with Crippen LogP contribution in [0.1, 0.15) is 11.5 Å². The number of hydrogen-bond acceptors (Lipinski definition) is 7. The molecule has 1 aliphatic heterocycles. The molecule has 104 valence electrons. The van der Waals surface area contributed by atoms with Gasteiger partial charge >= 0.3 is 0 Å². The molecule has 21 heavy (non-hydrogen) atoms. The van der Waals surface area contributed by atoms with Gasteiger partial charge in [0.15, 0.2) is 0 Å². The van der Waals surface area contributed by atoms with Gasteiger partial charge in [0, 0.05) is 11.6 Å². The molecule has 3 N–H and O–H groups in total. The number of rotatable bonds is 2. The first-order valence-electron chi connectivity index (χ1n) is 5.80. The number of nitro groups is 1. The molecule has 0 aliphatic carbocycles. The van der Waals surface area contributed by atoms with Crippen LogP contribution in [-0.4, -0.2) is 9.97 Å². The Morgan fingerprint density at radius 1 is 1.38 bits per heavy atom. The minimum absolute atomic E-state index is 0.0165. The molecule has 0 saturated carbocycles. The van der Waals surface area contributed by atoms with Crippen molar-refractivity contribution in [3.63, 3.8) is 0 Å². The number of hydrogen-bond donors (Lipinski definition) is 2. The smallest absolute Gasteiger partial charge is 0.273 e. The zero-order chi connectivity index (χ0) is 15.6. The van der Waals surface area contributed by atoms with Crippen molar-refractivity contribution >= 4 is 22.5 Å². The van der Waals surface area contributed by atoms with E-state index in [0.29, 0.717) is 0 Å². The number of nitro benzene ring substituents is 1. The van der Waals surface area contributed by atoms with E-state index in [1.807, 2.05) is 12.1 Å². The number of benzene rings is 1. The van der Waals surface area contributed by atoms with E-state index in [-0.39, 0.29) is 26.9 Å². The maximum absolute atomic E-state index is 11.2. The first kappa shape index (κ1) is 14.6. The van der Waals surface area contributed by atoms with Crippen LogP contribution in [0.5, 0.6) is 0 Å². The van der Waals surface area contributed by atoms with Gasteiger partial charge in [-0.3, -0.25) is 15.5 Å². The van der Waals surface area contributed by atoms with E-state index in [1.54, 1.807) is 6.07 Å². The van der Waals surface area contributed by atoms with Gasteiger partial charge < -0.3 is 5.73 Å². The highest BCUT2D eigenvalue weighted by atomic mass is 32.2. The Balaban J connectivity index is 2.72. The molecule has 0 aromatic heterocycles. The number of nitrogens with one attached hydrogen (secondary N) is 1. The Bertz CT molecular complexity index is 744. The maximum atomic E-state index is 11.2. The second-order valence-corrected chi connectivity index (χ2v) is 5.34. The lowest BCUT2D eigenvalue weighted by Crippen LogP contribution is -2.27. The highest BCUT2D eigenvalue weighted by Crippen LogP contribution is 2.44. The van der Waals surface area contributed by atoms with Crippen molar-refractivity contribution in [2.45, 2.75) is 5.92 Å². The lowest BCUT2D eigenvalue weighted by atomic mass is 9.81. The highest BCUT2D eigenvalue weighted by molar-refractivity contribution is 8.17. The second-order valence-electron chi connectivity index (χ2n) is 4.26. The van der Waals surface area contributed by atoms with Gasteiger partial charge in [0.05, 0.1) is 38.6 Å². The van der Waals surface area contributed by atoms with Crippen molar-refractivity contribution in [2.24, 2.45) is 11.7 Å². The molecule has 1 heterocycles. The molecule has 1 aliphatic rings. The Morgan fingerprint density at radius 3 is 2.62 bits per heavy atom. The first-order chi connectivity index (χ1) is 10.0. The predicted octanol–water partition coefficient (Wildman–Crippen LogP) is 2.24. The van der Waals surface area contributed by atoms with Gasteiger partial charge in [-0.15, -0.1) is 0 Å². The highest BCUT2D eigenvalue weighted by Gasteiger charge is 2.40. The normalized spacial score (nSPS) is 21.5. The van der Waals surface area contributed by atoms with Crippen LogP contribution in [0.25, 0.3) is 0 Å². The third-order valence-electron chi connectivity index (χ3n) is 3.14. The van der Waals surface area contributed by atoms with Crippen molar-refractivity contribution in [3.05, 3.63) is 50.5 Å². The fourth-order valence-corrected chi connectivity index (χ4v) is 3.05. The van der Waals surface area contributed by atoms with Crippen LogP contribution in [0.4, 0.5) is 5.69 Å². The minimum Gasteiger partial charge on any atom is -0.392 e. The molecule has 1 aromatic rings. The van der Waals surface area contributed by atoms with Crippen LogP contribution >= 0.6 is 11.8 Å². The van der Waals surface area contributed by atoms with E-state index in [0.717, 1.165) is 11.8 Å². The SMILES string of the molecule is N#CC1=C(N)SC(=N)[C@H](C#N)[C@@H]1c1ccccc1[N+](=O)[O-]. The van der Waals surface area contributed by atoms with Crippen LogP contribution in [0.2, 0.25) is 0 Å². The van der Waals surface area contributed by atoms with E-state index in [4.69, 9.17) is 11.1 Å². The molecule has 2 rings (SSSR count). The third kappa shape index (κ3) is 2.45. The molecule has 0 radical (unpaired) electrons. The largest absolute Gasteiger partial charge is 0.392 e. The molecular weight excluding hydrogens is 290 g/mol. The quantitative estimate of drug-likeness (QED) is 0.633. The third-order valence-corrected chi connectivity index (χ3v) is 4.05. The van der Waals surface area contributed by atoms with Gasteiger partial charge in [-0.25, -0.2) is 0 Å². The van der Waals surface area contributed by atoms with Gasteiger partial charge in [0.1, 0.15) is 5.92 Å². The summed E-state index contributed by atoms with van der Waals surface area (Å²) >= 11 is 0.845. The first-order valence-corrected chi connectivity index (χ1v) is 6.61. The van der Waals surface area contributed by atoms with E-state index in [1.165, 1.54) is 18.2 Å². The van der Waals surface area contributed by atoms with Crippen molar-refractivity contribution in [3.8, 4) is 12.1 Å². The molecule has 0 saturated heterocycles. The van der Waals surface area contributed by atoms with Crippen molar-refractivity contribution in [1.29, 1.82) is 15.9 Å². The molecule has 0 spiro atoms. The van der Waals surface area contributed by atoms with E-state index < -0.39 is 16.8 Å². The van der Waals surface area contributed by atoms with Crippen LogP contribution < -0.4 is 5.73 Å². The summed E-state index contributed by atoms with van der Waals surface area (Å²) in [5.74, 6) is -1.85. The monoisotopic (exact) mass is 299 g/mol. The van der Waals surface area contributed by atoms with E-state index in [2.05, 4.69) is 0 Å². The number of nitrogens with two attached hydrogens (primary N) is 1. The topological polar surface area (TPSA) is 141 Å². The summed E-state index contributed by atoms with van der Waals surface area (Å²) in [6.07, 6.45) is 0. The van der Waals surface area contributed by atoms with Gasteiger partial charge in [0.25, 0.3) is 5.69 Å². The van der Waals surface area contributed by atoms with Crippen molar-refractivity contribution in [1.82, 2.24) is 0 Å². The molecule has 0 unspecified atom stereocenters. The van der Waals surface area contributed by atoms with E-state index >= 15 is 0 Å². The fourth-order valence-electron chi connectivity index (χ4n) is 2.22. The summed E-state index contributed by atoms with van der Waals surface area (Å²) in [6.45, 7) is 0. The van der Waals surface area contributed by atoms with Crippen molar-refractivity contribution < 1.29 is 4.92 Å². The molecule has 1 aromatic carbocycles. The van der Waals surface area contributed by atoms with E-state index in [9.17, 15) is 20.6 Å². The molecular formula is C13H9N5O2S. The van der Waals surface area contributed by atoms with Gasteiger partial charge in [-0.2, -0.15) is 10.5 Å². The Kier molecular flexibility index (Phi) is 3.92. The molecule has 8 heteroatoms. The Labute approximate surface area is 124 Å². The second kappa shape index (κ2) is 5.65. The van der Waals surface area contributed by atoms with Crippen LogP contribution in [0, 0.1) is 44.1 Å². The van der Waals surface area contributed by atoms with Crippen molar-refractivity contribution in [2.75, 3.05) is 0 Å². The molecule has 0 fully saturated rings. The molecule has 0 bridgehead atoms. The van der Waals surface area contributed by atoms with Gasteiger partial charge in [-0.05, 0) is 0 Å². The molecule has 7 nitrogen and oxygen atoms in total.